The highest BCUT2D eigenvalue weighted by Gasteiger charge is 2.70. The average molecular weight is 1110 g/mol. The number of nitrogens with one attached hydrogen (secondary N) is 3. The van der Waals surface area contributed by atoms with Gasteiger partial charge in [-0.15, -0.1) is 0 Å². The topological polar surface area (TPSA) is 267 Å². The standard InChI is InChI=1S/C57H95N3O14S2/c1-35(8-14-48(62)58-28-30-75(67,68)69)41-10-11-43-52-44(21-25-55(41,43)5)53(3)23-19-40(33-38(53)34-45(52)61)74-51(65)17-16-50(64)73-39-20-24-54(4)37(32-39)18-27-57(60(7)66)46-13-12-42(56(46,6)26-22-47(54)57)36(2)9-15-49(63)59-29-31-76(70,71)72/h35-47,52,60-61H,8-34H2,1-7H3,(H,58,62)(H,59,63)(H,67,68,69)(H,70,71,72)/t35-,36-,37?,38?,39-,40-,41-,42-,43+,44+,45+,46-,47-,52+,53+,54+,55-,56-,57?/m1/s1. The number of fused-ring (bicyclic) bond motifs is 10. The number of carbonyl (C=O) groups excluding carboxylic acids is 4. The van der Waals surface area contributed by atoms with Crippen molar-refractivity contribution in [2.24, 2.45) is 86.8 Å². The molecule has 0 radical (unpaired) electrons. The van der Waals surface area contributed by atoms with Crippen molar-refractivity contribution in [1.82, 2.24) is 10.6 Å². The molecule has 8 saturated carbocycles. The minimum absolute atomic E-state index is 0.0308. The number of hydrogen-bond donors (Lipinski definition) is 6. The van der Waals surface area contributed by atoms with Crippen molar-refractivity contribution in [3.05, 3.63) is 5.21 Å². The van der Waals surface area contributed by atoms with Gasteiger partial charge in [-0.3, -0.25) is 28.3 Å². The third-order valence-electron chi connectivity index (χ3n) is 23.7. The minimum atomic E-state index is -4.15. The molecule has 0 heterocycles. The molecule has 4 unspecified atom stereocenters. The number of ether oxygens (including phenoxy) is 2. The summed E-state index contributed by atoms with van der Waals surface area (Å²) in [5.41, 5.74) is -0.420. The fraction of sp³-hybridized carbons (Fsp3) is 0.930. The van der Waals surface area contributed by atoms with Crippen LogP contribution in [-0.4, -0.2) is 110 Å². The van der Waals surface area contributed by atoms with Gasteiger partial charge >= 0.3 is 11.9 Å². The summed E-state index contributed by atoms with van der Waals surface area (Å²) in [5, 5.41) is 31.7. The number of quaternary nitrogens is 1. The monoisotopic (exact) mass is 1110 g/mol. The number of esters is 2. The Bertz CT molecular complexity index is 2360. The van der Waals surface area contributed by atoms with E-state index in [1.807, 2.05) is 7.05 Å². The van der Waals surface area contributed by atoms with Gasteiger partial charge in [0.05, 0.1) is 37.5 Å². The quantitative estimate of drug-likeness (QED) is 0.0414. The van der Waals surface area contributed by atoms with E-state index in [4.69, 9.17) is 18.6 Å². The first-order chi connectivity index (χ1) is 35.5. The molecule has 8 aliphatic carbocycles. The number of rotatable bonds is 20. The molecule has 434 valence electrons. The largest absolute Gasteiger partial charge is 0.634 e. The van der Waals surface area contributed by atoms with Gasteiger partial charge in [0, 0.05) is 44.2 Å². The Kier molecular flexibility index (Phi) is 17.9. The SMILES string of the molecule is C[C@H](CCC(=O)NCCS(=O)(=O)O)[C@H]1CC[C@H]2[C@@H]3[C@@H](O)CC4C[C@H](OC(=O)CCC(=O)O[C@@H]5CC[C@@]6(C)C(CCC7([NH+](C)[O-])[C@@H]8CC[C@H]([C@H](C)CCC(=O)NCCS(=O)(=O)O)[C@@]8(C)CC[C@@H]76)C5)CC[C@]4(C)[C@H]3CC[C@]12C. The van der Waals surface area contributed by atoms with E-state index >= 15 is 0 Å². The summed E-state index contributed by atoms with van der Waals surface area (Å²) in [5.74, 6) is 1.14. The number of amides is 2. The third-order valence-corrected chi connectivity index (χ3v) is 25.1. The van der Waals surface area contributed by atoms with Crippen LogP contribution in [0, 0.1) is 92.0 Å². The molecule has 8 aliphatic rings. The van der Waals surface area contributed by atoms with Crippen molar-refractivity contribution in [3.8, 4) is 0 Å². The van der Waals surface area contributed by atoms with Crippen molar-refractivity contribution in [1.29, 1.82) is 0 Å². The smallest absolute Gasteiger partial charge is 0.306 e. The molecule has 0 bridgehead atoms. The number of carbonyl (C=O) groups is 4. The summed E-state index contributed by atoms with van der Waals surface area (Å²) < 4.78 is 74.6. The predicted molar refractivity (Wildman–Crippen MR) is 286 cm³/mol. The number of hydroxylamine groups is 2. The van der Waals surface area contributed by atoms with Crippen LogP contribution >= 0.6 is 0 Å². The molecule has 0 saturated heterocycles. The van der Waals surface area contributed by atoms with E-state index in [-0.39, 0.29) is 120 Å². The molecule has 19 heteroatoms. The average Bonchev–Trinajstić information content (AvgIpc) is 3.88. The Hall–Kier alpha value is -2.42. The number of aliphatic hydroxyl groups is 1. The maximum absolute atomic E-state index is 14.2. The molecule has 0 aliphatic heterocycles. The first kappa shape index (κ1) is 59.7. The zero-order chi connectivity index (χ0) is 55.4. The first-order valence-corrected chi connectivity index (χ1v) is 32.8. The molecule has 0 spiro atoms. The lowest BCUT2D eigenvalue weighted by atomic mass is 9.41. The van der Waals surface area contributed by atoms with Gasteiger partial charge in [-0.1, -0.05) is 41.5 Å². The van der Waals surface area contributed by atoms with E-state index in [0.717, 1.165) is 96.3 Å². The Morgan fingerprint density at radius 3 is 1.62 bits per heavy atom. The molecular weight excluding hydrogens is 1010 g/mol. The Morgan fingerprint density at radius 2 is 1.07 bits per heavy atom. The lowest BCUT2D eigenvalue weighted by Gasteiger charge is -2.67. The zero-order valence-electron chi connectivity index (χ0n) is 46.8. The van der Waals surface area contributed by atoms with Crippen LogP contribution in [0.3, 0.4) is 0 Å². The molecular formula is C57H95N3O14S2. The highest BCUT2D eigenvalue weighted by Crippen LogP contribution is 2.71. The van der Waals surface area contributed by atoms with Crippen LogP contribution in [0.15, 0.2) is 0 Å². The van der Waals surface area contributed by atoms with Gasteiger partial charge < -0.3 is 35.5 Å². The van der Waals surface area contributed by atoms with Crippen LogP contribution in [0.4, 0.5) is 0 Å². The van der Waals surface area contributed by atoms with Crippen LogP contribution in [0.5, 0.6) is 0 Å². The van der Waals surface area contributed by atoms with Crippen LogP contribution in [0.2, 0.25) is 0 Å². The van der Waals surface area contributed by atoms with E-state index < -0.39 is 43.4 Å². The van der Waals surface area contributed by atoms with E-state index in [0.29, 0.717) is 72.7 Å². The second-order valence-corrected chi connectivity index (χ2v) is 30.4. The zero-order valence-corrected chi connectivity index (χ0v) is 48.5. The Morgan fingerprint density at radius 1 is 0.592 bits per heavy atom. The number of aliphatic hydroxyl groups excluding tert-OH is 1. The third kappa shape index (κ3) is 12.0. The summed E-state index contributed by atoms with van der Waals surface area (Å²) in [6, 6.07) is 0. The van der Waals surface area contributed by atoms with Gasteiger partial charge in [-0.2, -0.15) is 16.8 Å². The van der Waals surface area contributed by atoms with E-state index in [2.05, 4.69) is 52.2 Å². The molecule has 2 amide bonds. The van der Waals surface area contributed by atoms with Crippen LogP contribution in [0.1, 0.15) is 189 Å². The Labute approximate surface area is 454 Å². The molecule has 8 rings (SSSR count). The molecule has 17 nitrogen and oxygen atoms in total. The fourth-order valence-electron chi connectivity index (χ4n) is 20.0. The van der Waals surface area contributed by atoms with Crippen LogP contribution in [-0.2, 0) is 48.9 Å². The minimum Gasteiger partial charge on any atom is -0.634 e. The molecule has 0 aromatic heterocycles. The van der Waals surface area contributed by atoms with Crippen molar-refractivity contribution in [2.45, 2.75) is 213 Å². The van der Waals surface area contributed by atoms with Gasteiger partial charge in [0.1, 0.15) is 17.7 Å². The highest BCUT2D eigenvalue weighted by molar-refractivity contribution is 7.86. The lowest BCUT2D eigenvalue weighted by molar-refractivity contribution is -0.904. The molecule has 0 aromatic carbocycles. The van der Waals surface area contributed by atoms with Crippen molar-refractivity contribution in [3.63, 3.8) is 0 Å². The Balaban J connectivity index is 0.780. The van der Waals surface area contributed by atoms with E-state index in [9.17, 15) is 46.3 Å². The van der Waals surface area contributed by atoms with Crippen molar-refractivity contribution in [2.75, 3.05) is 31.6 Å². The predicted octanol–water partition coefficient (Wildman–Crippen LogP) is 6.85. The van der Waals surface area contributed by atoms with Gasteiger partial charge in [0.25, 0.3) is 20.2 Å². The molecule has 76 heavy (non-hydrogen) atoms. The fourth-order valence-corrected chi connectivity index (χ4v) is 20.7. The summed E-state index contributed by atoms with van der Waals surface area (Å²) in [6.07, 6.45) is 16.3. The van der Waals surface area contributed by atoms with Crippen molar-refractivity contribution >= 4 is 44.0 Å². The summed E-state index contributed by atoms with van der Waals surface area (Å²) >= 11 is 0. The summed E-state index contributed by atoms with van der Waals surface area (Å²) in [4.78, 5) is 51.9. The highest BCUT2D eigenvalue weighted by atomic mass is 32.2. The van der Waals surface area contributed by atoms with Crippen LogP contribution < -0.4 is 15.7 Å². The molecule has 20 atom stereocenters. The second-order valence-electron chi connectivity index (χ2n) is 27.3. The van der Waals surface area contributed by atoms with Crippen molar-refractivity contribution < 1.29 is 64.8 Å². The van der Waals surface area contributed by atoms with Gasteiger partial charge in [0.15, 0.2) is 0 Å². The maximum atomic E-state index is 14.2. The van der Waals surface area contributed by atoms with Gasteiger partial charge in [-0.25, -0.2) is 0 Å². The maximum Gasteiger partial charge on any atom is 0.306 e. The van der Waals surface area contributed by atoms with E-state index in [1.165, 1.54) is 0 Å². The second kappa shape index (κ2) is 22.8. The van der Waals surface area contributed by atoms with Gasteiger partial charge in [0.2, 0.25) is 11.8 Å². The number of hydrogen-bond acceptors (Lipinski definition) is 12. The molecule has 8 fully saturated rings. The normalized spacial score (nSPS) is 42.0. The molecule has 6 N–H and O–H groups in total. The lowest BCUT2D eigenvalue weighted by Crippen LogP contribution is -3.17. The van der Waals surface area contributed by atoms with Crippen LogP contribution in [0.25, 0.3) is 0 Å². The summed E-state index contributed by atoms with van der Waals surface area (Å²) in [6.45, 7) is 13.8. The van der Waals surface area contributed by atoms with E-state index in [1.54, 1.807) is 0 Å². The molecule has 0 aromatic rings. The summed E-state index contributed by atoms with van der Waals surface area (Å²) in [7, 11) is -6.47. The first-order valence-electron chi connectivity index (χ1n) is 29.6. The van der Waals surface area contributed by atoms with Gasteiger partial charge in [-0.05, 0) is 190 Å².